The molecule has 0 aromatic rings. The van der Waals surface area contributed by atoms with Crippen molar-refractivity contribution >= 4 is 10.2 Å². The van der Waals surface area contributed by atoms with Gasteiger partial charge in [0, 0.05) is 45.8 Å². The van der Waals surface area contributed by atoms with Crippen LogP contribution in [0.25, 0.3) is 0 Å². The lowest BCUT2D eigenvalue weighted by molar-refractivity contribution is 0.245. The molecule has 1 aliphatic rings. The molecule has 0 saturated carbocycles. The Morgan fingerprint density at radius 3 is 2.47 bits per heavy atom. The van der Waals surface area contributed by atoms with Crippen LogP contribution in [0, 0.1) is 5.92 Å². The molecule has 1 rings (SSSR count). The summed E-state index contributed by atoms with van der Waals surface area (Å²) in [5.74, 6) is 0.319. The van der Waals surface area contributed by atoms with Crippen molar-refractivity contribution in [2.45, 2.75) is 13.8 Å². The predicted molar refractivity (Wildman–Crippen MR) is 69.1 cm³/mol. The molecule has 0 aromatic carbocycles. The van der Waals surface area contributed by atoms with Gasteiger partial charge in [0.05, 0.1) is 0 Å². The first-order valence-electron chi connectivity index (χ1n) is 6.17. The van der Waals surface area contributed by atoms with Gasteiger partial charge in [-0.3, -0.25) is 4.90 Å². The predicted octanol–water partition coefficient (Wildman–Crippen LogP) is -1.03. The van der Waals surface area contributed by atoms with Crippen LogP contribution in [0.3, 0.4) is 0 Å². The van der Waals surface area contributed by atoms with Crippen LogP contribution in [0.2, 0.25) is 0 Å². The highest BCUT2D eigenvalue weighted by Crippen LogP contribution is 1.91. The first-order chi connectivity index (χ1) is 7.99. The molecule has 0 radical (unpaired) electrons. The zero-order valence-electron chi connectivity index (χ0n) is 10.7. The molecule has 102 valence electrons. The van der Waals surface area contributed by atoms with Crippen molar-refractivity contribution in [3.05, 3.63) is 0 Å². The highest BCUT2D eigenvalue weighted by molar-refractivity contribution is 7.87. The average molecular weight is 264 g/mol. The van der Waals surface area contributed by atoms with Crippen molar-refractivity contribution in [2.24, 2.45) is 5.92 Å². The second kappa shape index (κ2) is 7.27. The zero-order chi connectivity index (χ0) is 12.7. The van der Waals surface area contributed by atoms with Crippen molar-refractivity contribution in [3.63, 3.8) is 0 Å². The summed E-state index contributed by atoms with van der Waals surface area (Å²) in [4.78, 5) is 2.25. The molecule has 6 nitrogen and oxygen atoms in total. The molecule has 0 unspecified atom stereocenters. The van der Waals surface area contributed by atoms with E-state index in [2.05, 4.69) is 19.7 Å². The van der Waals surface area contributed by atoms with Gasteiger partial charge in [0.1, 0.15) is 0 Å². The molecule has 1 fully saturated rings. The largest absolute Gasteiger partial charge is 0.314 e. The summed E-state index contributed by atoms with van der Waals surface area (Å²) in [6, 6.07) is 0. The van der Waals surface area contributed by atoms with Crippen LogP contribution in [0.4, 0.5) is 0 Å². The average Bonchev–Trinajstić information content (AvgIpc) is 2.28. The van der Waals surface area contributed by atoms with E-state index in [9.17, 15) is 8.42 Å². The van der Waals surface area contributed by atoms with Crippen molar-refractivity contribution in [2.75, 3.05) is 45.8 Å². The lowest BCUT2D eigenvalue weighted by Crippen LogP contribution is -2.47. The van der Waals surface area contributed by atoms with Gasteiger partial charge < -0.3 is 5.32 Å². The van der Waals surface area contributed by atoms with Gasteiger partial charge in [0.25, 0.3) is 10.2 Å². The van der Waals surface area contributed by atoms with Crippen molar-refractivity contribution in [1.82, 2.24) is 19.7 Å². The molecule has 3 N–H and O–H groups in total. The standard InChI is InChI=1S/C10H24N4O2S/c1-10(2)9-13-17(15,16)12-5-8-14-6-3-11-4-7-14/h10-13H,3-9H2,1-2H3. The molecule has 0 aromatic heterocycles. The third-order valence-corrected chi connectivity index (χ3v) is 3.74. The normalized spacial score (nSPS) is 18.8. The van der Waals surface area contributed by atoms with Crippen LogP contribution in [0.1, 0.15) is 13.8 Å². The summed E-state index contributed by atoms with van der Waals surface area (Å²) in [6.07, 6.45) is 0. The number of nitrogens with one attached hydrogen (secondary N) is 3. The number of nitrogens with zero attached hydrogens (tertiary/aromatic N) is 1. The minimum Gasteiger partial charge on any atom is -0.314 e. The second-order valence-corrected chi connectivity index (χ2v) is 6.32. The fourth-order valence-electron chi connectivity index (χ4n) is 1.60. The molecule has 0 atom stereocenters. The van der Waals surface area contributed by atoms with Crippen LogP contribution in [-0.2, 0) is 10.2 Å². The minimum atomic E-state index is -3.32. The Labute approximate surface area is 104 Å². The summed E-state index contributed by atoms with van der Waals surface area (Å²) in [5.41, 5.74) is 0. The lowest BCUT2D eigenvalue weighted by Gasteiger charge is -2.27. The molecule has 1 saturated heterocycles. The molecule has 1 heterocycles. The minimum absolute atomic E-state index is 0.319. The molecule has 7 heteroatoms. The number of rotatable bonds is 7. The maximum absolute atomic E-state index is 11.5. The molecule has 0 spiro atoms. The van der Waals surface area contributed by atoms with Crippen molar-refractivity contribution in [1.29, 1.82) is 0 Å². The van der Waals surface area contributed by atoms with E-state index in [0.717, 1.165) is 32.7 Å². The second-order valence-electron chi connectivity index (χ2n) is 4.73. The maximum Gasteiger partial charge on any atom is 0.276 e. The monoisotopic (exact) mass is 264 g/mol. The van der Waals surface area contributed by atoms with E-state index < -0.39 is 10.2 Å². The third kappa shape index (κ3) is 6.95. The van der Waals surface area contributed by atoms with Gasteiger partial charge in [0.15, 0.2) is 0 Å². The SMILES string of the molecule is CC(C)CNS(=O)(=O)NCCN1CCNCC1. The summed E-state index contributed by atoms with van der Waals surface area (Å²) in [5, 5.41) is 3.26. The fraction of sp³-hybridized carbons (Fsp3) is 1.00. The van der Waals surface area contributed by atoms with Gasteiger partial charge in [0.2, 0.25) is 0 Å². The molecule has 0 bridgehead atoms. The lowest BCUT2D eigenvalue weighted by atomic mass is 10.2. The van der Waals surface area contributed by atoms with E-state index in [1.807, 2.05) is 13.8 Å². The van der Waals surface area contributed by atoms with Gasteiger partial charge in [-0.25, -0.2) is 9.44 Å². The van der Waals surface area contributed by atoms with Crippen LogP contribution in [0.15, 0.2) is 0 Å². The molecular formula is C10H24N4O2S. The molecular weight excluding hydrogens is 240 g/mol. The maximum atomic E-state index is 11.5. The van der Waals surface area contributed by atoms with E-state index >= 15 is 0 Å². The molecule has 0 amide bonds. The Kier molecular flexibility index (Phi) is 6.35. The third-order valence-electron chi connectivity index (χ3n) is 2.61. The van der Waals surface area contributed by atoms with Gasteiger partial charge in [-0.1, -0.05) is 13.8 Å². The van der Waals surface area contributed by atoms with E-state index in [1.54, 1.807) is 0 Å². The Balaban J connectivity index is 2.15. The quantitative estimate of drug-likeness (QED) is 0.550. The Morgan fingerprint density at radius 2 is 1.88 bits per heavy atom. The van der Waals surface area contributed by atoms with Crippen LogP contribution >= 0.6 is 0 Å². The smallest absolute Gasteiger partial charge is 0.276 e. The summed E-state index contributed by atoms with van der Waals surface area (Å²) in [7, 11) is -3.32. The number of piperazine rings is 1. The van der Waals surface area contributed by atoms with Crippen LogP contribution in [-0.4, -0.2) is 59.1 Å². The van der Waals surface area contributed by atoms with Gasteiger partial charge in [-0.05, 0) is 5.92 Å². The summed E-state index contributed by atoms with van der Waals surface area (Å²) < 4.78 is 28.1. The summed E-state index contributed by atoms with van der Waals surface area (Å²) >= 11 is 0. The van der Waals surface area contributed by atoms with E-state index in [4.69, 9.17) is 0 Å². The highest BCUT2D eigenvalue weighted by Gasteiger charge is 2.12. The zero-order valence-corrected chi connectivity index (χ0v) is 11.5. The number of hydrogen-bond donors (Lipinski definition) is 3. The van der Waals surface area contributed by atoms with Crippen LogP contribution < -0.4 is 14.8 Å². The fourth-order valence-corrected chi connectivity index (χ4v) is 2.62. The Morgan fingerprint density at radius 1 is 1.24 bits per heavy atom. The Hall–Kier alpha value is -0.210. The van der Waals surface area contributed by atoms with E-state index in [-0.39, 0.29) is 0 Å². The molecule has 1 aliphatic heterocycles. The van der Waals surface area contributed by atoms with Gasteiger partial charge >= 0.3 is 0 Å². The van der Waals surface area contributed by atoms with Gasteiger partial charge in [-0.15, -0.1) is 0 Å². The molecule has 0 aliphatic carbocycles. The topological polar surface area (TPSA) is 73.5 Å². The van der Waals surface area contributed by atoms with Crippen molar-refractivity contribution < 1.29 is 8.42 Å². The summed E-state index contributed by atoms with van der Waals surface area (Å²) in [6.45, 7) is 9.60. The van der Waals surface area contributed by atoms with E-state index in [1.165, 1.54) is 0 Å². The van der Waals surface area contributed by atoms with Crippen LogP contribution in [0.5, 0.6) is 0 Å². The highest BCUT2D eigenvalue weighted by atomic mass is 32.2. The first kappa shape index (κ1) is 14.8. The van der Waals surface area contributed by atoms with Gasteiger partial charge in [-0.2, -0.15) is 8.42 Å². The molecule has 17 heavy (non-hydrogen) atoms. The number of hydrogen-bond acceptors (Lipinski definition) is 4. The first-order valence-corrected chi connectivity index (χ1v) is 7.65. The Bertz CT molecular complexity index is 299. The van der Waals surface area contributed by atoms with Crippen molar-refractivity contribution in [3.8, 4) is 0 Å². The van der Waals surface area contributed by atoms with E-state index in [0.29, 0.717) is 19.0 Å².